The van der Waals surface area contributed by atoms with Gasteiger partial charge in [-0.3, -0.25) is 0 Å². The molecule has 2 aromatic rings. The fourth-order valence-corrected chi connectivity index (χ4v) is 3.35. The van der Waals surface area contributed by atoms with Gasteiger partial charge in [-0.15, -0.1) is 0 Å². The Hall–Kier alpha value is -1.58. The molecule has 2 aromatic heterocycles. The summed E-state index contributed by atoms with van der Waals surface area (Å²) in [6, 6.07) is 1.92. The van der Waals surface area contributed by atoms with Crippen molar-refractivity contribution in [2.45, 2.75) is 57.8 Å². The lowest BCUT2D eigenvalue weighted by Gasteiger charge is -2.27. The van der Waals surface area contributed by atoms with Crippen LogP contribution >= 0.6 is 0 Å². The Bertz CT molecular complexity index is 567. The Morgan fingerprint density at radius 2 is 2.10 bits per heavy atom. The number of imidazole rings is 1. The van der Waals surface area contributed by atoms with E-state index in [1.54, 1.807) is 6.20 Å². The number of unbranched alkanes of at least 4 members (excludes halogenated alkanes) is 1. The molecular formula is C16H24N4. The monoisotopic (exact) mass is 272 g/mol. The van der Waals surface area contributed by atoms with Crippen LogP contribution in [0.3, 0.4) is 0 Å². The largest absolute Gasteiger partial charge is 0.397 e. The van der Waals surface area contributed by atoms with Crippen molar-refractivity contribution >= 4 is 16.9 Å². The van der Waals surface area contributed by atoms with Crippen molar-refractivity contribution in [1.29, 1.82) is 0 Å². The number of anilines is 1. The molecule has 1 aliphatic carbocycles. The zero-order chi connectivity index (χ0) is 13.9. The Labute approximate surface area is 120 Å². The van der Waals surface area contributed by atoms with E-state index in [-0.39, 0.29) is 0 Å². The van der Waals surface area contributed by atoms with Crippen LogP contribution in [-0.4, -0.2) is 15.0 Å². The molecule has 4 nitrogen and oxygen atoms in total. The molecule has 0 saturated heterocycles. The number of nitrogens with one attached hydrogen (secondary N) is 1. The molecular weight excluding hydrogens is 248 g/mol. The summed E-state index contributed by atoms with van der Waals surface area (Å²) in [6.07, 6.45) is 11.0. The van der Waals surface area contributed by atoms with Gasteiger partial charge in [-0.05, 0) is 37.7 Å². The topological polar surface area (TPSA) is 67.6 Å². The first-order valence-electron chi connectivity index (χ1n) is 7.87. The van der Waals surface area contributed by atoms with Gasteiger partial charge >= 0.3 is 0 Å². The van der Waals surface area contributed by atoms with E-state index in [4.69, 9.17) is 5.73 Å². The molecule has 108 valence electrons. The summed E-state index contributed by atoms with van der Waals surface area (Å²) < 4.78 is 0. The minimum atomic E-state index is 0.573. The molecule has 4 heteroatoms. The minimum absolute atomic E-state index is 0.573. The van der Waals surface area contributed by atoms with Gasteiger partial charge < -0.3 is 10.7 Å². The van der Waals surface area contributed by atoms with E-state index in [9.17, 15) is 0 Å². The van der Waals surface area contributed by atoms with Crippen molar-refractivity contribution in [3.05, 3.63) is 18.1 Å². The predicted octanol–water partition coefficient (Wildman–Crippen LogP) is 4.00. The number of nitrogens with zero attached hydrogens (tertiary/aromatic N) is 2. The molecule has 3 rings (SSSR count). The molecule has 1 fully saturated rings. The first-order valence-corrected chi connectivity index (χ1v) is 7.87. The second kappa shape index (κ2) is 5.81. The van der Waals surface area contributed by atoms with Crippen molar-refractivity contribution in [1.82, 2.24) is 15.0 Å². The van der Waals surface area contributed by atoms with Crippen molar-refractivity contribution in [3.8, 4) is 0 Å². The Kier molecular flexibility index (Phi) is 3.90. The van der Waals surface area contributed by atoms with Gasteiger partial charge in [0.25, 0.3) is 0 Å². The standard InChI is InChI=1S/C16H24N4/c1-2-3-4-11-5-7-12(8-6-11)15-19-14-9-13(17)10-18-16(14)20-15/h9-12H,2-8,17H2,1H3,(H,18,19,20). The summed E-state index contributed by atoms with van der Waals surface area (Å²) in [5, 5.41) is 0. The summed E-state index contributed by atoms with van der Waals surface area (Å²) in [6.45, 7) is 2.28. The predicted molar refractivity (Wildman–Crippen MR) is 82.5 cm³/mol. The van der Waals surface area contributed by atoms with E-state index in [0.717, 1.165) is 22.9 Å². The average Bonchev–Trinajstić information content (AvgIpc) is 2.88. The van der Waals surface area contributed by atoms with E-state index in [2.05, 4.69) is 21.9 Å². The smallest absolute Gasteiger partial charge is 0.177 e. The van der Waals surface area contributed by atoms with Crippen LogP contribution in [0.2, 0.25) is 0 Å². The highest BCUT2D eigenvalue weighted by molar-refractivity contribution is 5.74. The first kappa shape index (κ1) is 13.4. The molecule has 0 spiro atoms. The molecule has 0 radical (unpaired) electrons. The van der Waals surface area contributed by atoms with Crippen LogP contribution in [0.25, 0.3) is 11.2 Å². The number of rotatable bonds is 4. The molecule has 1 aliphatic rings. The normalized spacial score (nSPS) is 23.2. The number of hydrogen-bond donors (Lipinski definition) is 2. The number of H-pyrrole nitrogens is 1. The van der Waals surface area contributed by atoms with Gasteiger partial charge in [0, 0.05) is 5.92 Å². The third-order valence-corrected chi connectivity index (χ3v) is 4.58. The number of aromatic nitrogens is 3. The maximum absolute atomic E-state index is 5.77. The number of fused-ring (bicyclic) bond motifs is 1. The number of aromatic amines is 1. The lowest BCUT2D eigenvalue weighted by molar-refractivity contribution is 0.299. The SMILES string of the molecule is CCCCC1CCC(c2nc3ncc(N)cc3[nH]2)CC1. The molecule has 1 saturated carbocycles. The summed E-state index contributed by atoms with van der Waals surface area (Å²) in [5.74, 6) is 2.61. The zero-order valence-electron chi connectivity index (χ0n) is 12.2. The number of hydrogen-bond acceptors (Lipinski definition) is 3. The third-order valence-electron chi connectivity index (χ3n) is 4.58. The molecule has 0 atom stereocenters. The second-order valence-electron chi connectivity index (χ2n) is 6.12. The van der Waals surface area contributed by atoms with Gasteiger partial charge in [0.15, 0.2) is 5.65 Å². The fourth-order valence-electron chi connectivity index (χ4n) is 3.35. The van der Waals surface area contributed by atoms with Crippen LogP contribution in [0.15, 0.2) is 12.3 Å². The van der Waals surface area contributed by atoms with Gasteiger partial charge in [-0.25, -0.2) is 9.97 Å². The van der Waals surface area contributed by atoms with E-state index in [1.165, 1.54) is 44.9 Å². The van der Waals surface area contributed by atoms with Gasteiger partial charge in [0.2, 0.25) is 0 Å². The van der Waals surface area contributed by atoms with Crippen molar-refractivity contribution < 1.29 is 0 Å². The van der Waals surface area contributed by atoms with Crippen molar-refractivity contribution in [3.63, 3.8) is 0 Å². The van der Waals surface area contributed by atoms with Gasteiger partial charge in [-0.2, -0.15) is 0 Å². The Morgan fingerprint density at radius 1 is 1.30 bits per heavy atom. The Balaban J connectivity index is 1.67. The second-order valence-corrected chi connectivity index (χ2v) is 6.12. The fraction of sp³-hybridized carbons (Fsp3) is 0.625. The van der Waals surface area contributed by atoms with E-state index in [0.29, 0.717) is 11.6 Å². The summed E-state index contributed by atoms with van der Waals surface area (Å²) >= 11 is 0. The van der Waals surface area contributed by atoms with Crippen LogP contribution in [0.4, 0.5) is 5.69 Å². The van der Waals surface area contributed by atoms with Crippen LogP contribution in [0.1, 0.15) is 63.6 Å². The maximum atomic E-state index is 5.77. The van der Waals surface area contributed by atoms with E-state index in [1.807, 2.05) is 6.07 Å². The minimum Gasteiger partial charge on any atom is -0.397 e. The molecule has 0 aliphatic heterocycles. The van der Waals surface area contributed by atoms with E-state index >= 15 is 0 Å². The molecule has 0 bridgehead atoms. The Morgan fingerprint density at radius 3 is 2.85 bits per heavy atom. The highest BCUT2D eigenvalue weighted by atomic mass is 15.0. The van der Waals surface area contributed by atoms with Crippen LogP contribution in [-0.2, 0) is 0 Å². The third kappa shape index (κ3) is 2.79. The van der Waals surface area contributed by atoms with Crippen molar-refractivity contribution in [2.75, 3.05) is 5.73 Å². The number of nitrogen functional groups attached to an aromatic ring is 1. The summed E-state index contributed by atoms with van der Waals surface area (Å²) in [5.41, 5.74) is 8.22. The average molecular weight is 272 g/mol. The van der Waals surface area contributed by atoms with Crippen LogP contribution < -0.4 is 5.73 Å². The zero-order valence-corrected chi connectivity index (χ0v) is 12.2. The molecule has 0 aromatic carbocycles. The van der Waals surface area contributed by atoms with Crippen LogP contribution in [0.5, 0.6) is 0 Å². The lowest BCUT2D eigenvalue weighted by atomic mass is 9.79. The van der Waals surface area contributed by atoms with Gasteiger partial charge in [0.1, 0.15) is 5.82 Å². The van der Waals surface area contributed by atoms with Gasteiger partial charge in [-0.1, -0.05) is 26.2 Å². The molecule has 3 N–H and O–H groups in total. The lowest BCUT2D eigenvalue weighted by Crippen LogP contribution is -2.14. The summed E-state index contributed by atoms with van der Waals surface area (Å²) in [7, 11) is 0. The highest BCUT2D eigenvalue weighted by Crippen LogP contribution is 2.37. The van der Waals surface area contributed by atoms with E-state index < -0.39 is 0 Å². The molecule has 0 amide bonds. The van der Waals surface area contributed by atoms with Crippen molar-refractivity contribution in [2.24, 2.45) is 5.92 Å². The maximum Gasteiger partial charge on any atom is 0.177 e. The van der Waals surface area contributed by atoms with Gasteiger partial charge in [0.05, 0.1) is 17.4 Å². The summed E-state index contributed by atoms with van der Waals surface area (Å²) in [4.78, 5) is 12.3. The number of pyridine rings is 1. The first-order chi connectivity index (χ1) is 9.76. The number of nitrogens with two attached hydrogens (primary N) is 1. The highest BCUT2D eigenvalue weighted by Gasteiger charge is 2.24. The molecule has 2 heterocycles. The molecule has 0 unspecified atom stereocenters. The quantitative estimate of drug-likeness (QED) is 0.883. The van der Waals surface area contributed by atoms with Crippen LogP contribution in [0, 0.1) is 5.92 Å². The molecule has 20 heavy (non-hydrogen) atoms.